The van der Waals surface area contributed by atoms with Gasteiger partial charge in [-0.1, -0.05) is 0 Å². The lowest BCUT2D eigenvalue weighted by molar-refractivity contribution is 0.553. The topological polar surface area (TPSA) is 63.0 Å². The van der Waals surface area contributed by atoms with Gasteiger partial charge in [0.25, 0.3) is 0 Å². The lowest BCUT2D eigenvalue weighted by atomic mass is 10.2. The van der Waals surface area contributed by atoms with Crippen molar-refractivity contribution in [2.45, 2.75) is 6.92 Å². The Bertz CT molecular complexity index is 359. The third-order valence-corrected chi connectivity index (χ3v) is 1.61. The van der Waals surface area contributed by atoms with E-state index in [0.29, 0.717) is 17.0 Å². The van der Waals surface area contributed by atoms with Crippen LogP contribution in [0.4, 0.5) is 0 Å². The molecule has 1 heterocycles. The molecule has 2 N–H and O–H groups in total. The molecule has 0 aromatic carbocycles. The van der Waals surface area contributed by atoms with Crippen LogP contribution in [0.2, 0.25) is 5.22 Å². The third-order valence-electron chi connectivity index (χ3n) is 1.41. The molecule has 0 amide bonds. The van der Waals surface area contributed by atoms with Crippen LogP contribution in [0.25, 0.3) is 5.70 Å². The number of halogens is 1. The standard InChI is InChI=1S/C8H7ClN2O/c1-5(4-10)8(11)6-2-3-7(9)12-6/h2-3H,11H2,1H3/b8-5-. The fourth-order valence-corrected chi connectivity index (χ4v) is 0.850. The first kappa shape index (κ1) is 8.69. The fraction of sp³-hybridized carbons (Fsp3) is 0.125. The van der Waals surface area contributed by atoms with Crippen LogP contribution >= 0.6 is 11.6 Å². The second-order valence-corrected chi connectivity index (χ2v) is 2.63. The first-order valence-corrected chi connectivity index (χ1v) is 3.65. The van der Waals surface area contributed by atoms with Crippen LogP contribution in [-0.2, 0) is 0 Å². The second-order valence-electron chi connectivity index (χ2n) is 2.25. The molecule has 0 fully saturated rings. The summed E-state index contributed by atoms with van der Waals surface area (Å²) in [5.74, 6) is 0.430. The number of rotatable bonds is 1. The Morgan fingerprint density at radius 3 is 2.75 bits per heavy atom. The molecular formula is C8H7ClN2O. The number of nitrogens with two attached hydrogens (primary N) is 1. The van der Waals surface area contributed by atoms with Crippen LogP contribution in [0.15, 0.2) is 22.1 Å². The van der Waals surface area contributed by atoms with Gasteiger partial charge in [-0.3, -0.25) is 0 Å². The Balaban J connectivity index is 3.09. The summed E-state index contributed by atoms with van der Waals surface area (Å²) in [4.78, 5) is 0. The Kier molecular flexibility index (Phi) is 2.41. The van der Waals surface area contributed by atoms with Gasteiger partial charge >= 0.3 is 0 Å². The first-order chi connectivity index (χ1) is 5.65. The SMILES string of the molecule is C/C(C#N)=C(/N)c1ccc(Cl)o1. The molecule has 0 saturated heterocycles. The fourth-order valence-electron chi connectivity index (χ4n) is 0.704. The van der Waals surface area contributed by atoms with Crippen LogP contribution in [0.3, 0.4) is 0 Å². The summed E-state index contributed by atoms with van der Waals surface area (Å²) in [5.41, 5.74) is 6.31. The summed E-state index contributed by atoms with van der Waals surface area (Å²) in [7, 11) is 0. The van der Waals surface area contributed by atoms with E-state index in [4.69, 9.17) is 27.0 Å². The predicted octanol–water partition coefficient (Wildman–Crippen LogP) is 2.15. The van der Waals surface area contributed by atoms with E-state index in [1.807, 2.05) is 6.07 Å². The molecule has 4 heteroatoms. The smallest absolute Gasteiger partial charge is 0.194 e. The van der Waals surface area contributed by atoms with E-state index in [1.54, 1.807) is 19.1 Å². The maximum absolute atomic E-state index is 8.51. The molecule has 0 aliphatic carbocycles. The monoisotopic (exact) mass is 182 g/mol. The van der Waals surface area contributed by atoms with Gasteiger partial charge in [-0.2, -0.15) is 5.26 Å². The van der Waals surface area contributed by atoms with E-state index < -0.39 is 0 Å². The van der Waals surface area contributed by atoms with Crippen molar-refractivity contribution in [3.63, 3.8) is 0 Å². The largest absolute Gasteiger partial charge is 0.443 e. The Morgan fingerprint density at radius 2 is 2.33 bits per heavy atom. The molecule has 1 aromatic heterocycles. The van der Waals surface area contributed by atoms with Gasteiger partial charge in [0.15, 0.2) is 11.0 Å². The van der Waals surface area contributed by atoms with Gasteiger partial charge in [-0.15, -0.1) is 0 Å². The van der Waals surface area contributed by atoms with Crippen molar-refractivity contribution in [3.05, 3.63) is 28.7 Å². The summed E-state index contributed by atoms with van der Waals surface area (Å²) in [5, 5.41) is 8.77. The van der Waals surface area contributed by atoms with Crippen molar-refractivity contribution in [3.8, 4) is 6.07 Å². The van der Waals surface area contributed by atoms with Crippen molar-refractivity contribution in [2.75, 3.05) is 0 Å². The third kappa shape index (κ3) is 1.60. The zero-order valence-corrected chi connectivity index (χ0v) is 7.22. The molecule has 0 bridgehead atoms. The summed E-state index contributed by atoms with van der Waals surface area (Å²) < 4.78 is 5.00. The van der Waals surface area contributed by atoms with Crippen molar-refractivity contribution in [2.24, 2.45) is 5.73 Å². The zero-order valence-electron chi connectivity index (χ0n) is 6.47. The Hall–Kier alpha value is -1.40. The molecule has 0 spiro atoms. The van der Waals surface area contributed by atoms with Crippen molar-refractivity contribution < 1.29 is 4.42 Å². The van der Waals surface area contributed by atoms with Gasteiger partial charge in [0.1, 0.15) is 0 Å². The Morgan fingerprint density at radius 1 is 1.67 bits per heavy atom. The van der Waals surface area contributed by atoms with Gasteiger partial charge in [-0.25, -0.2) is 0 Å². The van der Waals surface area contributed by atoms with E-state index in [0.717, 1.165) is 0 Å². The minimum Gasteiger partial charge on any atom is -0.443 e. The predicted molar refractivity (Wildman–Crippen MR) is 46.1 cm³/mol. The minimum atomic E-state index is 0.263. The summed E-state index contributed by atoms with van der Waals surface area (Å²) in [6.45, 7) is 1.62. The second kappa shape index (κ2) is 3.33. The molecule has 0 aliphatic heterocycles. The van der Waals surface area contributed by atoms with Crippen LogP contribution in [0, 0.1) is 11.3 Å². The van der Waals surface area contributed by atoms with E-state index in [9.17, 15) is 0 Å². The van der Waals surface area contributed by atoms with Gasteiger partial charge in [-0.05, 0) is 30.7 Å². The van der Waals surface area contributed by atoms with Gasteiger partial charge < -0.3 is 10.2 Å². The number of nitriles is 1. The van der Waals surface area contributed by atoms with Gasteiger partial charge in [0.05, 0.1) is 17.3 Å². The number of hydrogen-bond donors (Lipinski definition) is 1. The molecule has 62 valence electrons. The molecule has 1 rings (SSSR count). The molecule has 12 heavy (non-hydrogen) atoms. The van der Waals surface area contributed by atoms with Gasteiger partial charge in [0, 0.05) is 0 Å². The molecule has 0 atom stereocenters. The van der Waals surface area contributed by atoms with Crippen molar-refractivity contribution >= 4 is 17.3 Å². The molecule has 0 saturated carbocycles. The zero-order chi connectivity index (χ0) is 9.14. The van der Waals surface area contributed by atoms with Crippen LogP contribution < -0.4 is 5.73 Å². The highest BCUT2D eigenvalue weighted by atomic mass is 35.5. The maximum Gasteiger partial charge on any atom is 0.194 e. The number of allylic oxidation sites excluding steroid dienone is 1. The number of hydrogen-bond acceptors (Lipinski definition) is 3. The van der Waals surface area contributed by atoms with E-state index >= 15 is 0 Å². The quantitative estimate of drug-likeness (QED) is 0.677. The van der Waals surface area contributed by atoms with E-state index in [-0.39, 0.29) is 5.22 Å². The molecule has 3 nitrogen and oxygen atoms in total. The molecule has 0 aliphatic rings. The Labute approximate surface area is 75.0 Å². The van der Waals surface area contributed by atoms with E-state index in [1.165, 1.54) is 0 Å². The first-order valence-electron chi connectivity index (χ1n) is 3.27. The normalized spacial score (nSPS) is 12.1. The van der Waals surface area contributed by atoms with Crippen LogP contribution in [0.1, 0.15) is 12.7 Å². The average Bonchev–Trinajstić information content (AvgIpc) is 2.49. The molecular weight excluding hydrogens is 176 g/mol. The lowest BCUT2D eigenvalue weighted by Gasteiger charge is -1.95. The summed E-state index contributed by atoms with van der Waals surface area (Å²) in [6, 6.07) is 5.13. The van der Waals surface area contributed by atoms with Crippen molar-refractivity contribution in [1.82, 2.24) is 0 Å². The highest BCUT2D eigenvalue weighted by molar-refractivity contribution is 6.28. The minimum absolute atomic E-state index is 0.263. The maximum atomic E-state index is 8.51. The summed E-state index contributed by atoms with van der Waals surface area (Å²) in [6.07, 6.45) is 0. The van der Waals surface area contributed by atoms with Crippen LogP contribution in [0.5, 0.6) is 0 Å². The van der Waals surface area contributed by atoms with Gasteiger partial charge in [0.2, 0.25) is 0 Å². The number of nitrogens with zero attached hydrogens (tertiary/aromatic N) is 1. The highest BCUT2D eigenvalue weighted by Crippen LogP contribution is 2.19. The summed E-state index contributed by atoms with van der Waals surface area (Å²) >= 11 is 5.52. The molecule has 0 radical (unpaired) electrons. The van der Waals surface area contributed by atoms with E-state index in [2.05, 4.69) is 0 Å². The lowest BCUT2D eigenvalue weighted by Crippen LogP contribution is -1.97. The van der Waals surface area contributed by atoms with Crippen LogP contribution in [-0.4, -0.2) is 0 Å². The molecule has 1 aromatic rings. The average molecular weight is 183 g/mol. The van der Waals surface area contributed by atoms with Crippen molar-refractivity contribution in [1.29, 1.82) is 5.26 Å². The molecule has 0 unspecified atom stereocenters. The highest BCUT2D eigenvalue weighted by Gasteiger charge is 2.05. The number of furan rings is 1.